The Morgan fingerprint density at radius 1 is 1.25 bits per heavy atom. The maximum Gasteiger partial charge on any atom is 0.319 e. The van der Waals surface area contributed by atoms with Gasteiger partial charge in [0.15, 0.2) is 0 Å². The van der Waals surface area contributed by atoms with Crippen molar-refractivity contribution < 1.29 is 14.7 Å². The van der Waals surface area contributed by atoms with Gasteiger partial charge in [0.25, 0.3) is 0 Å². The lowest BCUT2D eigenvalue weighted by Crippen LogP contribution is -2.42. The summed E-state index contributed by atoms with van der Waals surface area (Å²) in [4.78, 5) is 23.1. The maximum atomic E-state index is 12.0. The molecule has 20 heavy (non-hydrogen) atoms. The van der Waals surface area contributed by atoms with E-state index in [0.29, 0.717) is 19.4 Å². The first kappa shape index (κ1) is 14.6. The lowest BCUT2D eigenvalue weighted by molar-refractivity contribution is -0.149. The van der Waals surface area contributed by atoms with Crippen LogP contribution in [-0.2, 0) is 16.0 Å². The van der Waals surface area contributed by atoms with Gasteiger partial charge in [0, 0.05) is 6.54 Å². The van der Waals surface area contributed by atoms with Crippen LogP contribution in [0.1, 0.15) is 32.3 Å². The van der Waals surface area contributed by atoms with Gasteiger partial charge in [0.1, 0.15) is 5.41 Å². The zero-order valence-corrected chi connectivity index (χ0v) is 12.0. The summed E-state index contributed by atoms with van der Waals surface area (Å²) in [6, 6.07) is 10.1. The lowest BCUT2D eigenvalue weighted by Gasteiger charge is -2.26. The molecule has 2 rings (SSSR count). The molecule has 0 heterocycles. The van der Waals surface area contributed by atoms with E-state index in [-0.39, 0.29) is 11.3 Å². The van der Waals surface area contributed by atoms with Crippen LogP contribution in [0.3, 0.4) is 0 Å². The third-order valence-corrected chi connectivity index (χ3v) is 3.85. The molecule has 108 valence electrons. The van der Waals surface area contributed by atoms with Gasteiger partial charge in [0.05, 0.1) is 0 Å². The van der Waals surface area contributed by atoms with E-state index in [1.165, 1.54) is 5.56 Å². The molecule has 1 aromatic rings. The molecule has 0 atom stereocenters. The highest BCUT2D eigenvalue weighted by molar-refractivity contribution is 6.04. The Hall–Kier alpha value is -1.84. The molecule has 4 heteroatoms. The SMILES string of the molecule is CC(C)(CNC(=O)C1(C(=O)O)CC1)Cc1ccccc1. The molecule has 1 saturated carbocycles. The van der Waals surface area contributed by atoms with Gasteiger partial charge >= 0.3 is 5.97 Å². The monoisotopic (exact) mass is 275 g/mol. The normalized spacial score (nSPS) is 16.5. The minimum atomic E-state index is -1.15. The Balaban J connectivity index is 1.90. The van der Waals surface area contributed by atoms with Gasteiger partial charge in [-0.05, 0) is 30.2 Å². The number of benzene rings is 1. The summed E-state index contributed by atoms with van der Waals surface area (Å²) in [5.41, 5.74) is -0.0415. The van der Waals surface area contributed by atoms with E-state index in [1.54, 1.807) is 0 Å². The molecule has 2 N–H and O–H groups in total. The molecule has 1 aliphatic rings. The van der Waals surface area contributed by atoms with E-state index in [4.69, 9.17) is 5.11 Å². The summed E-state index contributed by atoms with van der Waals surface area (Å²) >= 11 is 0. The third kappa shape index (κ3) is 3.18. The van der Waals surface area contributed by atoms with Crippen LogP contribution in [0.25, 0.3) is 0 Å². The van der Waals surface area contributed by atoms with Crippen LogP contribution in [0.2, 0.25) is 0 Å². The second-order valence-electron chi connectivity index (χ2n) is 6.40. The molecule has 0 radical (unpaired) electrons. The van der Waals surface area contributed by atoms with Crippen molar-refractivity contribution in [3.05, 3.63) is 35.9 Å². The molecule has 4 nitrogen and oxygen atoms in total. The molecule has 1 aromatic carbocycles. The standard InChI is InChI=1S/C16H21NO3/c1-15(2,10-12-6-4-3-5-7-12)11-17-13(18)16(8-9-16)14(19)20/h3-7H,8-11H2,1-2H3,(H,17,18)(H,19,20). The molecule has 0 aliphatic heterocycles. The first-order valence-electron chi connectivity index (χ1n) is 6.91. The van der Waals surface area contributed by atoms with E-state index >= 15 is 0 Å². The van der Waals surface area contributed by atoms with Crippen LogP contribution in [0.15, 0.2) is 30.3 Å². The summed E-state index contributed by atoms with van der Waals surface area (Å²) in [5, 5.41) is 11.9. The largest absolute Gasteiger partial charge is 0.480 e. The number of nitrogens with one attached hydrogen (secondary N) is 1. The Morgan fingerprint density at radius 2 is 1.85 bits per heavy atom. The third-order valence-electron chi connectivity index (χ3n) is 3.85. The number of rotatable bonds is 6. The fourth-order valence-corrected chi connectivity index (χ4v) is 2.36. The number of hydrogen-bond acceptors (Lipinski definition) is 2. The number of carbonyl (C=O) groups excluding carboxylic acids is 1. The second-order valence-corrected chi connectivity index (χ2v) is 6.40. The van der Waals surface area contributed by atoms with E-state index in [2.05, 4.69) is 31.3 Å². The molecule has 1 fully saturated rings. The van der Waals surface area contributed by atoms with E-state index in [1.807, 2.05) is 18.2 Å². The molecule has 0 spiro atoms. The highest BCUT2D eigenvalue weighted by Gasteiger charge is 2.57. The molecular weight excluding hydrogens is 254 g/mol. The van der Waals surface area contributed by atoms with Crippen LogP contribution in [0, 0.1) is 10.8 Å². The number of carboxylic acids is 1. The molecule has 1 aliphatic carbocycles. The van der Waals surface area contributed by atoms with E-state index < -0.39 is 11.4 Å². The highest BCUT2D eigenvalue weighted by atomic mass is 16.4. The van der Waals surface area contributed by atoms with Crippen molar-refractivity contribution in [2.45, 2.75) is 33.1 Å². The zero-order valence-electron chi connectivity index (χ0n) is 12.0. The fourth-order valence-electron chi connectivity index (χ4n) is 2.36. The topological polar surface area (TPSA) is 66.4 Å². The first-order valence-corrected chi connectivity index (χ1v) is 6.91. The van der Waals surface area contributed by atoms with Crippen LogP contribution in [0.5, 0.6) is 0 Å². The molecule has 1 amide bonds. The van der Waals surface area contributed by atoms with Gasteiger partial charge in [-0.3, -0.25) is 9.59 Å². The second kappa shape index (κ2) is 5.27. The van der Waals surface area contributed by atoms with Gasteiger partial charge in [-0.15, -0.1) is 0 Å². The Kier molecular flexibility index (Phi) is 3.84. The van der Waals surface area contributed by atoms with Crippen LogP contribution >= 0.6 is 0 Å². The molecular formula is C16H21NO3. The summed E-state index contributed by atoms with van der Waals surface area (Å²) in [7, 11) is 0. The predicted molar refractivity (Wildman–Crippen MR) is 76.2 cm³/mol. The number of carboxylic acid groups (broad SMARTS) is 1. The van der Waals surface area contributed by atoms with Crippen molar-refractivity contribution in [3.63, 3.8) is 0 Å². The lowest BCUT2D eigenvalue weighted by atomic mass is 9.85. The predicted octanol–water partition coefficient (Wildman–Crippen LogP) is 2.24. The van der Waals surface area contributed by atoms with E-state index in [9.17, 15) is 9.59 Å². The quantitative estimate of drug-likeness (QED) is 0.782. The smallest absolute Gasteiger partial charge is 0.319 e. The molecule has 0 aromatic heterocycles. The molecule has 0 unspecified atom stereocenters. The van der Waals surface area contributed by atoms with Crippen molar-refractivity contribution >= 4 is 11.9 Å². The van der Waals surface area contributed by atoms with Gasteiger partial charge in [-0.1, -0.05) is 44.2 Å². The van der Waals surface area contributed by atoms with Gasteiger partial charge in [-0.25, -0.2) is 0 Å². The Labute approximate surface area is 119 Å². The fraction of sp³-hybridized carbons (Fsp3) is 0.500. The van der Waals surface area contributed by atoms with Crippen molar-refractivity contribution in [3.8, 4) is 0 Å². The first-order chi connectivity index (χ1) is 9.36. The highest BCUT2D eigenvalue weighted by Crippen LogP contribution is 2.46. The summed E-state index contributed by atoms with van der Waals surface area (Å²) in [6.07, 6.45) is 1.74. The van der Waals surface area contributed by atoms with Gasteiger partial charge in [0.2, 0.25) is 5.91 Å². The number of carbonyl (C=O) groups is 2. The van der Waals surface area contributed by atoms with Crippen LogP contribution in [0.4, 0.5) is 0 Å². The van der Waals surface area contributed by atoms with Crippen molar-refractivity contribution in [1.82, 2.24) is 5.32 Å². The number of hydrogen-bond donors (Lipinski definition) is 2. The van der Waals surface area contributed by atoms with Gasteiger partial charge < -0.3 is 10.4 Å². The van der Waals surface area contributed by atoms with Gasteiger partial charge in [-0.2, -0.15) is 0 Å². The minimum absolute atomic E-state index is 0.106. The Bertz CT molecular complexity index is 504. The van der Waals surface area contributed by atoms with Crippen molar-refractivity contribution in [2.75, 3.05) is 6.54 Å². The number of aliphatic carboxylic acids is 1. The summed E-state index contributed by atoms with van der Waals surface area (Å²) in [5.74, 6) is -1.35. The van der Waals surface area contributed by atoms with Crippen molar-refractivity contribution in [2.24, 2.45) is 10.8 Å². The Morgan fingerprint density at radius 3 is 2.35 bits per heavy atom. The van der Waals surface area contributed by atoms with Crippen LogP contribution in [-0.4, -0.2) is 23.5 Å². The minimum Gasteiger partial charge on any atom is -0.480 e. The molecule has 0 bridgehead atoms. The summed E-state index contributed by atoms with van der Waals surface area (Å²) < 4.78 is 0. The van der Waals surface area contributed by atoms with Crippen molar-refractivity contribution in [1.29, 1.82) is 0 Å². The average Bonchev–Trinajstić information content (AvgIpc) is 3.18. The average molecular weight is 275 g/mol. The molecule has 0 saturated heterocycles. The zero-order chi connectivity index (χ0) is 14.8. The van der Waals surface area contributed by atoms with Crippen LogP contribution < -0.4 is 5.32 Å². The van der Waals surface area contributed by atoms with E-state index in [0.717, 1.165) is 6.42 Å². The number of amides is 1. The maximum absolute atomic E-state index is 12.0. The summed E-state index contributed by atoms with van der Waals surface area (Å²) in [6.45, 7) is 4.62.